The van der Waals surface area contributed by atoms with Gasteiger partial charge in [0.15, 0.2) is 6.21 Å². The summed E-state index contributed by atoms with van der Waals surface area (Å²) in [5.74, 6) is 0.723. The first kappa shape index (κ1) is 20.2. The van der Waals surface area contributed by atoms with E-state index in [2.05, 4.69) is 10.5 Å². The SMILES string of the molecule is O=S(=O)(Cc1ccc(N/[NH+]=C/CCCCl)cc1)N1CCCC1.[Cl-]. The number of nitrogens with zero attached hydrogens (tertiary/aromatic N) is 1. The van der Waals surface area contributed by atoms with Crippen molar-refractivity contribution in [2.75, 3.05) is 24.4 Å². The molecule has 1 fully saturated rings. The molecule has 0 spiro atoms. The molecule has 1 aromatic rings. The number of unbranched alkanes of at least 4 members (excludes halogenated alkanes) is 1. The van der Waals surface area contributed by atoms with E-state index in [1.807, 2.05) is 30.5 Å². The molecule has 1 aliphatic rings. The average Bonchev–Trinajstić information content (AvgIpc) is 3.04. The van der Waals surface area contributed by atoms with Crippen LogP contribution in [-0.2, 0) is 15.8 Å². The molecular formula is C15H23Cl2N3O2S. The van der Waals surface area contributed by atoms with Gasteiger partial charge >= 0.3 is 0 Å². The molecule has 1 saturated heterocycles. The minimum Gasteiger partial charge on any atom is -1.00 e. The summed E-state index contributed by atoms with van der Waals surface area (Å²) in [7, 11) is -3.17. The largest absolute Gasteiger partial charge is 1.00 e. The molecule has 0 bridgehead atoms. The van der Waals surface area contributed by atoms with Crippen LogP contribution in [0.3, 0.4) is 0 Å². The molecule has 0 radical (unpaired) electrons. The number of halogens is 2. The number of hydrogen-bond acceptors (Lipinski definition) is 3. The summed E-state index contributed by atoms with van der Waals surface area (Å²) in [6.07, 6.45) is 5.67. The van der Waals surface area contributed by atoms with E-state index in [1.165, 1.54) is 0 Å². The van der Waals surface area contributed by atoms with E-state index in [1.54, 1.807) is 4.31 Å². The minimum atomic E-state index is -3.17. The zero-order valence-electron chi connectivity index (χ0n) is 13.0. The lowest BCUT2D eigenvalue weighted by Gasteiger charge is -2.15. The number of sulfonamides is 1. The van der Waals surface area contributed by atoms with E-state index < -0.39 is 10.0 Å². The van der Waals surface area contributed by atoms with Crippen molar-refractivity contribution < 1.29 is 25.9 Å². The molecule has 130 valence electrons. The van der Waals surface area contributed by atoms with Crippen LogP contribution in [-0.4, -0.2) is 37.9 Å². The van der Waals surface area contributed by atoms with Gasteiger partial charge in [-0.05, 0) is 37.0 Å². The van der Waals surface area contributed by atoms with Crippen molar-refractivity contribution in [2.24, 2.45) is 0 Å². The van der Waals surface area contributed by atoms with Gasteiger partial charge in [0.1, 0.15) is 0 Å². The summed E-state index contributed by atoms with van der Waals surface area (Å²) in [4.78, 5) is 0. The lowest BCUT2D eigenvalue weighted by molar-refractivity contribution is -0.415. The Balaban J connectivity index is 0.00000264. The molecule has 0 atom stereocenters. The number of benzene rings is 1. The number of rotatable bonds is 8. The highest BCUT2D eigenvalue weighted by Gasteiger charge is 2.25. The second kappa shape index (κ2) is 10.1. The third kappa shape index (κ3) is 6.67. The highest BCUT2D eigenvalue weighted by Crippen LogP contribution is 2.18. The number of hydrazone groups is 1. The van der Waals surface area contributed by atoms with Crippen LogP contribution in [0.2, 0.25) is 0 Å². The fraction of sp³-hybridized carbons (Fsp3) is 0.533. The minimum absolute atomic E-state index is 0. The van der Waals surface area contributed by atoms with Gasteiger partial charge in [0.2, 0.25) is 10.0 Å². The molecule has 2 N–H and O–H groups in total. The van der Waals surface area contributed by atoms with Gasteiger partial charge in [-0.1, -0.05) is 12.1 Å². The first-order chi connectivity index (χ1) is 10.6. The van der Waals surface area contributed by atoms with Gasteiger partial charge in [-0.15, -0.1) is 16.7 Å². The summed E-state index contributed by atoms with van der Waals surface area (Å²) in [6, 6.07) is 7.43. The number of hydrogen-bond donors (Lipinski definition) is 2. The van der Waals surface area contributed by atoms with Gasteiger partial charge in [0.25, 0.3) is 0 Å². The van der Waals surface area contributed by atoms with Crippen molar-refractivity contribution in [3.05, 3.63) is 29.8 Å². The number of hydrazine groups is 1. The van der Waals surface area contributed by atoms with Crippen molar-refractivity contribution in [1.82, 2.24) is 4.31 Å². The van der Waals surface area contributed by atoms with Gasteiger partial charge in [-0.2, -0.15) is 5.43 Å². The van der Waals surface area contributed by atoms with Crippen LogP contribution >= 0.6 is 11.6 Å². The molecule has 2 rings (SSSR count). The quantitative estimate of drug-likeness (QED) is 0.240. The summed E-state index contributed by atoms with van der Waals surface area (Å²) >= 11 is 5.59. The van der Waals surface area contributed by atoms with E-state index in [0.717, 1.165) is 36.9 Å². The van der Waals surface area contributed by atoms with Crippen LogP contribution < -0.4 is 22.9 Å². The zero-order chi connectivity index (χ0) is 15.8. The predicted molar refractivity (Wildman–Crippen MR) is 90.5 cm³/mol. The number of nitrogens with one attached hydrogen (secondary N) is 2. The summed E-state index contributed by atoms with van der Waals surface area (Å²) in [5.41, 5.74) is 4.74. The topological polar surface area (TPSA) is 63.4 Å². The van der Waals surface area contributed by atoms with Gasteiger partial charge in [-0.3, -0.25) is 0 Å². The van der Waals surface area contributed by atoms with Crippen LogP contribution in [0.25, 0.3) is 0 Å². The highest BCUT2D eigenvalue weighted by atomic mass is 35.5. The van der Waals surface area contributed by atoms with Crippen molar-refractivity contribution >= 4 is 33.5 Å². The second-order valence-electron chi connectivity index (χ2n) is 5.36. The van der Waals surface area contributed by atoms with Crippen molar-refractivity contribution in [3.63, 3.8) is 0 Å². The fourth-order valence-corrected chi connectivity index (χ4v) is 4.10. The molecule has 0 aromatic heterocycles. The van der Waals surface area contributed by atoms with Crippen LogP contribution in [0.15, 0.2) is 24.3 Å². The molecular weight excluding hydrogens is 357 g/mol. The molecule has 1 aromatic carbocycles. The summed E-state index contributed by atoms with van der Waals surface area (Å²) in [5, 5.41) is 2.99. The molecule has 0 unspecified atom stereocenters. The predicted octanol–water partition coefficient (Wildman–Crippen LogP) is -1.89. The van der Waals surface area contributed by atoms with Gasteiger partial charge in [0.05, 0.1) is 11.4 Å². The van der Waals surface area contributed by atoms with E-state index in [-0.39, 0.29) is 18.2 Å². The van der Waals surface area contributed by atoms with E-state index >= 15 is 0 Å². The molecule has 23 heavy (non-hydrogen) atoms. The fourth-order valence-electron chi connectivity index (χ4n) is 2.34. The van der Waals surface area contributed by atoms with Crippen molar-refractivity contribution in [2.45, 2.75) is 31.4 Å². The smallest absolute Gasteiger partial charge is 0.218 e. The molecule has 0 amide bonds. The van der Waals surface area contributed by atoms with Crippen LogP contribution in [0.5, 0.6) is 0 Å². The Labute approximate surface area is 149 Å². The third-order valence-corrected chi connectivity index (χ3v) is 5.68. The van der Waals surface area contributed by atoms with Gasteiger partial charge in [0, 0.05) is 25.4 Å². The Bertz CT molecular complexity index is 585. The monoisotopic (exact) mass is 379 g/mol. The van der Waals surface area contributed by atoms with Gasteiger partial charge < -0.3 is 12.4 Å². The van der Waals surface area contributed by atoms with Crippen LogP contribution in [0, 0.1) is 0 Å². The lowest BCUT2D eigenvalue weighted by atomic mass is 10.2. The Morgan fingerprint density at radius 3 is 2.48 bits per heavy atom. The number of anilines is 1. The maximum Gasteiger partial charge on any atom is 0.218 e. The average molecular weight is 380 g/mol. The molecule has 0 saturated carbocycles. The van der Waals surface area contributed by atoms with E-state index in [0.29, 0.717) is 19.0 Å². The van der Waals surface area contributed by atoms with Crippen LogP contribution in [0.1, 0.15) is 31.2 Å². The van der Waals surface area contributed by atoms with Crippen molar-refractivity contribution in [3.8, 4) is 0 Å². The number of alkyl halides is 1. The highest BCUT2D eigenvalue weighted by molar-refractivity contribution is 7.88. The standard InChI is InChI=1S/C15H22ClN3O2S.ClH/c16-9-1-2-10-17-18-15-7-5-14(6-8-15)13-22(20,21)19-11-3-4-12-19;/h5-8,10,18H,1-4,9,11-13H2;1H/b17-10+;. The first-order valence-corrected chi connectivity index (χ1v) is 9.72. The van der Waals surface area contributed by atoms with E-state index in [4.69, 9.17) is 11.6 Å². The lowest BCUT2D eigenvalue weighted by Crippen LogP contribution is -3.00. The van der Waals surface area contributed by atoms with E-state index in [9.17, 15) is 8.42 Å². The molecule has 1 heterocycles. The molecule has 5 nitrogen and oxygen atoms in total. The molecule has 8 heteroatoms. The second-order valence-corrected chi connectivity index (χ2v) is 7.71. The summed E-state index contributed by atoms with van der Waals surface area (Å²) in [6.45, 7) is 1.31. The Morgan fingerprint density at radius 2 is 1.87 bits per heavy atom. The Morgan fingerprint density at radius 1 is 1.22 bits per heavy atom. The zero-order valence-corrected chi connectivity index (χ0v) is 15.3. The maximum atomic E-state index is 12.2. The Hall–Kier alpha value is -0.820. The van der Waals surface area contributed by atoms with Crippen molar-refractivity contribution in [1.29, 1.82) is 0 Å². The van der Waals surface area contributed by atoms with Gasteiger partial charge in [-0.25, -0.2) is 12.7 Å². The molecule has 0 aliphatic carbocycles. The summed E-state index contributed by atoms with van der Waals surface area (Å²) < 4.78 is 26.1. The normalized spacial score (nSPS) is 15.7. The molecule has 1 aliphatic heterocycles. The third-order valence-electron chi connectivity index (χ3n) is 3.56. The van der Waals surface area contributed by atoms with Crippen LogP contribution in [0.4, 0.5) is 5.69 Å². The Kier molecular flexibility index (Phi) is 8.91. The maximum absolute atomic E-state index is 12.2. The first-order valence-electron chi connectivity index (χ1n) is 7.58.